The fraction of sp³-hybridized carbons (Fsp3) is 0.294. The number of aromatic nitrogens is 1. The molecule has 0 saturated carbocycles. The van der Waals surface area contributed by atoms with Crippen LogP contribution in [0.25, 0.3) is 0 Å². The quantitative estimate of drug-likeness (QED) is 0.629. The minimum atomic E-state index is -0.166. The second-order valence-corrected chi connectivity index (χ2v) is 4.92. The van der Waals surface area contributed by atoms with Crippen LogP contribution in [-0.2, 0) is 18.3 Å². The van der Waals surface area contributed by atoms with Crippen LogP contribution in [0.2, 0.25) is 0 Å². The molecule has 0 saturated heterocycles. The summed E-state index contributed by atoms with van der Waals surface area (Å²) in [5.41, 5.74) is 4.26. The molecule has 122 valence electrons. The first kappa shape index (κ1) is 16.6. The molecule has 1 heterocycles. The molecule has 6 heteroatoms. The highest BCUT2D eigenvalue weighted by atomic mass is 16.5. The summed E-state index contributed by atoms with van der Waals surface area (Å²) in [6.07, 6.45) is 3.76. The van der Waals surface area contributed by atoms with Gasteiger partial charge in [0.25, 0.3) is 0 Å². The molecule has 0 aliphatic rings. The van der Waals surface area contributed by atoms with Gasteiger partial charge in [-0.15, -0.1) is 0 Å². The number of nitrogens with zero attached hydrogens (tertiary/aromatic N) is 2. The zero-order valence-corrected chi connectivity index (χ0v) is 13.6. The number of rotatable bonds is 7. The van der Waals surface area contributed by atoms with Crippen LogP contribution < -0.4 is 14.9 Å². The second kappa shape index (κ2) is 8.03. The molecule has 0 spiro atoms. The van der Waals surface area contributed by atoms with Gasteiger partial charge in [0, 0.05) is 18.9 Å². The van der Waals surface area contributed by atoms with Gasteiger partial charge in [-0.05, 0) is 42.8 Å². The van der Waals surface area contributed by atoms with Crippen LogP contribution in [0.4, 0.5) is 0 Å². The van der Waals surface area contributed by atoms with E-state index in [4.69, 9.17) is 9.47 Å². The van der Waals surface area contributed by atoms with Gasteiger partial charge in [0.1, 0.15) is 0 Å². The van der Waals surface area contributed by atoms with E-state index < -0.39 is 0 Å². The smallest absolute Gasteiger partial charge is 0.245 e. The number of hydrogen-bond donors (Lipinski definition) is 1. The number of aryl methyl sites for hydroxylation is 1. The summed E-state index contributed by atoms with van der Waals surface area (Å²) in [6, 6.07) is 9.27. The van der Waals surface area contributed by atoms with Gasteiger partial charge in [0.05, 0.1) is 26.4 Å². The van der Waals surface area contributed by atoms with Gasteiger partial charge < -0.3 is 14.0 Å². The highest BCUT2D eigenvalue weighted by molar-refractivity contribution is 5.83. The summed E-state index contributed by atoms with van der Waals surface area (Å²) >= 11 is 0. The van der Waals surface area contributed by atoms with E-state index in [1.54, 1.807) is 19.4 Å². The Labute approximate surface area is 135 Å². The molecule has 0 unspecified atom stereocenters. The minimum absolute atomic E-state index is 0.166. The van der Waals surface area contributed by atoms with E-state index in [-0.39, 0.29) is 12.3 Å². The minimum Gasteiger partial charge on any atom is -0.493 e. The topological polar surface area (TPSA) is 64.8 Å². The fourth-order valence-corrected chi connectivity index (χ4v) is 2.10. The molecule has 1 N–H and O–H groups in total. The van der Waals surface area contributed by atoms with Gasteiger partial charge in [-0.2, -0.15) is 5.10 Å². The van der Waals surface area contributed by atoms with Gasteiger partial charge in [-0.25, -0.2) is 5.43 Å². The fourth-order valence-electron chi connectivity index (χ4n) is 2.10. The van der Waals surface area contributed by atoms with Crippen LogP contribution >= 0.6 is 0 Å². The maximum Gasteiger partial charge on any atom is 0.245 e. The number of ether oxygens (including phenoxy) is 2. The Morgan fingerprint density at radius 2 is 2.17 bits per heavy atom. The monoisotopic (exact) mass is 315 g/mol. The van der Waals surface area contributed by atoms with Crippen LogP contribution in [0.5, 0.6) is 11.5 Å². The normalized spacial score (nSPS) is 10.7. The third kappa shape index (κ3) is 4.60. The van der Waals surface area contributed by atoms with E-state index >= 15 is 0 Å². The highest BCUT2D eigenvalue weighted by Gasteiger charge is 2.06. The molecular formula is C17H21N3O3. The van der Waals surface area contributed by atoms with Crippen molar-refractivity contribution in [2.24, 2.45) is 12.1 Å². The largest absolute Gasteiger partial charge is 0.493 e. The van der Waals surface area contributed by atoms with Crippen molar-refractivity contribution in [3.63, 3.8) is 0 Å². The number of methoxy groups -OCH3 is 1. The first-order valence-electron chi connectivity index (χ1n) is 7.37. The lowest BCUT2D eigenvalue weighted by Crippen LogP contribution is -2.20. The van der Waals surface area contributed by atoms with Crippen molar-refractivity contribution in [1.82, 2.24) is 9.99 Å². The summed E-state index contributed by atoms with van der Waals surface area (Å²) < 4.78 is 12.6. The number of carbonyl (C=O) groups excluding carboxylic acids is 1. The standard InChI is InChI=1S/C17H21N3O3/c1-4-23-15-8-7-13(10-16(15)22-3)12-18-19-17(21)11-14-6-5-9-20(14)2/h5-10,12H,4,11H2,1-3H3,(H,19,21). The highest BCUT2D eigenvalue weighted by Crippen LogP contribution is 2.27. The summed E-state index contributed by atoms with van der Waals surface area (Å²) in [7, 11) is 3.48. The molecule has 0 aliphatic carbocycles. The summed E-state index contributed by atoms with van der Waals surface area (Å²) in [5, 5.41) is 3.97. The van der Waals surface area contributed by atoms with Crippen LogP contribution in [0.15, 0.2) is 41.6 Å². The number of amides is 1. The van der Waals surface area contributed by atoms with Gasteiger partial charge in [0.2, 0.25) is 5.91 Å². The number of nitrogens with one attached hydrogen (secondary N) is 1. The van der Waals surface area contributed by atoms with Crippen molar-refractivity contribution in [2.75, 3.05) is 13.7 Å². The van der Waals surface area contributed by atoms with E-state index in [2.05, 4.69) is 10.5 Å². The average Bonchev–Trinajstić information content (AvgIpc) is 2.94. The Morgan fingerprint density at radius 3 is 2.83 bits per heavy atom. The van der Waals surface area contributed by atoms with Crippen molar-refractivity contribution >= 4 is 12.1 Å². The zero-order valence-electron chi connectivity index (χ0n) is 13.6. The molecule has 2 rings (SSSR count). The van der Waals surface area contributed by atoms with Crippen molar-refractivity contribution in [3.05, 3.63) is 47.8 Å². The van der Waals surface area contributed by atoms with Crippen LogP contribution in [-0.4, -0.2) is 30.4 Å². The van der Waals surface area contributed by atoms with Gasteiger partial charge in [0.15, 0.2) is 11.5 Å². The maximum atomic E-state index is 11.8. The lowest BCUT2D eigenvalue weighted by molar-refractivity contribution is -0.120. The Kier molecular flexibility index (Phi) is 5.80. The van der Waals surface area contributed by atoms with E-state index in [0.717, 1.165) is 11.3 Å². The SMILES string of the molecule is CCOc1ccc(C=NNC(=O)Cc2cccn2C)cc1OC. The predicted molar refractivity (Wildman–Crippen MR) is 89.0 cm³/mol. The predicted octanol–water partition coefficient (Wildman–Crippen LogP) is 2.13. The number of hydrazone groups is 1. The van der Waals surface area contributed by atoms with E-state index in [9.17, 15) is 4.79 Å². The third-order valence-electron chi connectivity index (χ3n) is 3.28. The molecule has 0 radical (unpaired) electrons. The molecule has 0 bridgehead atoms. The molecule has 2 aromatic rings. The van der Waals surface area contributed by atoms with E-state index in [1.165, 1.54) is 0 Å². The molecule has 1 aromatic carbocycles. The Balaban J connectivity index is 1.95. The molecule has 6 nitrogen and oxygen atoms in total. The van der Waals surface area contributed by atoms with Crippen LogP contribution in [0.3, 0.4) is 0 Å². The number of carbonyl (C=O) groups is 1. The van der Waals surface area contributed by atoms with Gasteiger partial charge in [-0.3, -0.25) is 4.79 Å². The van der Waals surface area contributed by atoms with Crippen molar-refractivity contribution in [3.8, 4) is 11.5 Å². The van der Waals surface area contributed by atoms with Crippen LogP contribution in [0, 0.1) is 0 Å². The van der Waals surface area contributed by atoms with Crippen molar-refractivity contribution < 1.29 is 14.3 Å². The molecule has 0 fully saturated rings. The lowest BCUT2D eigenvalue weighted by Gasteiger charge is -2.09. The third-order valence-corrected chi connectivity index (χ3v) is 3.28. The molecule has 23 heavy (non-hydrogen) atoms. The zero-order chi connectivity index (χ0) is 16.7. The van der Waals surface area contributed by atoms with E-state index in [0.29, 0.717) is 18.1 Å². The Morgan fingerprint density at radius 1 is 1.35 bits per heavy atom. The number of hydrogen-bond acceptors (Lipinski definition) is 4. The molecule has 1 aromatic heterocycles. The summed E-state index contributed by atoms with van der Waals surface area (Å²) in [4.78, 5) is 11.8. The lowest BCUT2D eigenvalue weighted by atomic mass is 10.2. The Hall–Kier alpha value is -2.76. The van der Waals surface area contributed by atoms with Crippen molar-refractivity contribution in [2.45, 2.75) is 13.3 Å². The molecule has 0 atom stereocenters. The van der Waals surface area contributed by atoms with Gasteiger partial charge >= 0.3 is 0 Å². The van der Waals surface area contributed by atoms with Crippen LogP contribution in [0.1, 0.15) is 18.2 Å². The molecular weight excluding hydrogens is 294 g/mol. The molecule has 1 amide bonds. The van der Waals surface area contributed by atoms with E-state index in [1.807, 2.05) is 49.0 Å². The Bertz CT molecular complexity index is 692. The average molecular weight is 315 g/mol. The first-order chi connectivity index (χ1) is 11.1. The summed E-state index contributed by atoms with van der Waals surface area (Å²) in [5.74, 6) is 1.15. The second-order valence-electron chi connectivity index (χ2n) is 4.92. The maximum absolute atomic E-state index is 11.8. The number of benzene rings is 1. The summed E-state index contributed by atoms with van der Waals surface area (Å²) in [6.45, 7) is 2.48. The van der Waals surface area contributed by atoms with Gasteiger partial charge in [-0.1, -0.05) is 0 Å². The van der Waals surface area contributed by atoms with Crippen molar-refractivity contribution in [1.29, 1.82) is 0 Å². The first-order valence-corrected chi connectivity index (χ1v) is 7.37. The molecule has 0 aliphatic heterocycles.